The first-order valence-electron chi connectivity index (χ1n) is 7.03. The van der Waals surface area contributed by atoms with Gasteiger partial charge >= 0.3 is 0 Å². The molecule has 2 aromatic carbocycles. The summed E-state index contributed by atoms with van der Waals surface area (Å²) in [4.78, 5) is 12.7. The number of ketones is 1. The second-order valence-electron chi connectivity index (χ2n) is 5.50. The van der Waals surface area contributed by atoms with Crippen LogP contribution in [0.2, 0.25) is 0 Å². The van der Waals surface area contributed by atoms with E-state index in [1.165, 1.54) is 0 Å². The molecule has 1 aliphatic carbocycles. The minimum absolute atomic E-state index is 0.158. The van der Waals surface area contributed by atoms with Gasteiger partial charge in [0.25, 0.3) is 0 Å². The topological polar surface area (TPSA) is 43.1 Å². The number of hydrogen-bond acceptors (Lipinski definition) is 2. The van der Waals surface area contributed by atoms with Crippen LogP contribution in [0.15, 0.2) is 42.5 Å². The van der Waals surface area contributed by atoms with Crippen molar-refractivity contribution in [3.63, 3.8) is 0 Å². The molecule has 0 spiro atoms. The Hall–Kier alpha value is -1.67. The molecular formula is C17H19NO. The van der Waals surface area contributed by atoms with Crippen molar-refractivity contribution in [1.29, 1.82) is 0 Å². The Morgan fingerprint density at radius 1 is 0.947 bits per heavy atom. The molecule has 1 aliphatic rings. The summed E-state index contributed by atoms with van der Waals surface area (Å²) in [6.45, 7) is 0. The SMILES string of the molecule is NC1CCC(C(=O)c2cccc3ccccc23)CC1. The fourth-order valence-corrected chi connectivity index (χ4v) is 3.04. The first kappa shape index (κ1) is 12.4. The van der Waals surface area contributed by atoms with Gasteiger partial charge in [0.2, 0.25) is 0 Å². The van der Waals surface area contributed by atoms with Gasteiger partial charge in [-0.15, -0.1) is 0 Å². The zero-order chi connectivity index (χ0) is 13.2. The summed E-state index contributed by atoms with van der Waals surface area (Å²) in [5, 5.41) is 2.21. The minimum atomic E-state index is 0.158. The van der Waals surface area contributed by atoms with Gasteiger partial charge in [-0.3, -0.25) is 4.79 Å². The third-order valence-electron chi connectivity index (χ3n) is 4.20. The fraction of sp³-hybridized carbons (Fsp3) is 0.353. The molecule has 0 radical (unpaired) electrons. The van der Waals surface area contributed by atoms with Crippen LogP contribution < -0.4 is 5.73 Å². The number of hydrogen-bond donors (Lipinski definition) is 1. The van der Waals surface area contributed by atoms with Crippen molar-refractivity contribution in [1.82, 2.24) is 0 Å². The molecule has 19 heavy (non-hydrogen) atoms. The molecule has 2 heteroatoms. The van der Waals surface area contributed by atoms with E-state index < -0.39 is 0 Å². The highest BCUT2D eigenvalue weighted by molar-refractivity contribution is 6.09. The van der Waals surface area contributed by atoms with E-state index in [0.717, 1.165) is 42.0 Å². The molecule has 0 atom stereocenters. The Labute approximate surface area is 113 Å². The van der Waals surface area contributed by atoms with E-state index in [9.17, 15) is 4.79 Å². The van der Waals surface area contributed by atoms with Crippen LogP contribution in [-0.2, 0) is 0 Å². The van der Waals surface area contributed by atoms with Crippen LogP contribution in [0.1, 0.15) is 36.0 Å². The zero-order valence-corrected chi connectivity index (χ0v) is 11.0. The third kappa shape index (κ3) is 2.41. The summed E-state index contributed by atoms with van der Waals surface area (Å²) in [5.74, 6) is 0.453. The highest BCUT2D eigenvalue weighted by Crippen LogP contribution is 2.29. The Morgan fingerprint density at radius 3 is 2.42 bits per heavy atom. The Kier molecular flexibility index (Phi) is 3.34. The fourth-order valence-electron chi connectivity index (χ4n) is 3.04. The van der Waals surface area contributed by atoms with Gasteiger partial charge in [-0.1, -0.05) is 42.5 Å². The lowest BCUT2D eigenvalue weighted by molar-refractivity contribution is 0.0886. The van der Waals surface area contributed by atoms with Gasteiger partial charge in [-0.25, -0.2) is 0 Å². The average molecular weight is 253 g/mol. The number of fused-ring (bicyclic) bond motifs is 1. The van der Waals surface area contributed by atoms with Crippen molar-refractivity contribution >= 4 is 16.6 Å². The first-order valence-corrected chi connectivity index (χ1v) is 7.03. The summed E-state index contributed by atoms with van der Waals surface area (Å²) in [6, 6.07) is 14.4. The lowest BCUT2D eigenvalue weighted by Gasteiger charge is -2.25. The summed E-state index contributed by atoms with van der Waals surface area (Å²) < 4.78 is 0. The summed E-state index contributed by atoms with van der Waals surface area (Å²) >= 11 is 0. The van der Waals surface area contributed by atoms with Crippen LogP contribution in [-0.4, -0.2) is 11.8 Å². The van der Waals surface area contributed by atoms with Gasteiger partial charge in [-0.2, -0.15) is 0 Å². The second kappa shape index (κ2) is 5.14. The summed E-state index contributed by atoms with van der Waals surface area (Å²) in [6.07, 6.45) is 3.81. The number of carbonyl (C=O) groups is 1. The maximum atomic E-state index is 12.7. The molecular weight excluding hydrogens is 234 g/mol. The Bertz CT molecular complexity index is 592. The summed E-state index contributed by atoms with van der Waals surface area (Å²) in [5.41, 5.74) is 6.79. The largest absolute Gasteiger partial charge is 0.328 e. The average Bonchev–Trinajstić information content (AvgIpc) is 2.47. The van der Waals surface area contributed by atoms with Crippen molar-refractivity contribution in [2.24, 2.45) is 11.7 Å². The summed E-state index contributed by atoms with van der Waals surface area (Å²) in [7, 11) is 0. The molecule has 98 valence electrons. The number of Topliss-reactive ketones (excluding diaryl/α,β-unsaturated/α-hetero) is 1. The molecule has 2 N–H and O–H groups in total. The predicted octanol–water partition coefficient (Wildman–Crippen LogP) is 3.54. The predicted molar refractivity (Wildman–Crippen MR) is 78.2 cm³/mol. The van der Waals surface area contributed by atoms with Crippen molar-refractivity contribution in [2.45, 2.75) is 31.7 Å². The van der Waals surface area contributed by atoms with Crippen molar-refractivity contribution in [3.8, 4) is 0 Å². The zero-order valence-electron chi connectivity index (χ0n) is 11.0. The third-order valence-corrected chi connectivity index (χ3v) is 4.20. The molecule has 0 saturated heterocycles. The van der Waals surface area contributed by atoms with Gasteiger partial charge in [0, 0.05) is 17.5 Å². The Morgan fingerprint density at radius 2 is 1.63 bits per heavy atom. The van der Waals surface area contributed by atoms with E-state index in [1.54, 1.807) is 0 Å². The maximum absolute atomic E-state index is 12.7. The molecule has 0 aromatic heterocycles. The molecule has 0 amide bonds. The molecule has 0 aliphatic heterocycles. The van der Waals surface area contributed by atoms with E-state index in [1.807, 2.05) is 30.3 Å². The van der Waals surface area contributed by atoms with Crippen LogP contribution >= 0.6 is 0 Å². The van der Waals surface area contributed by atoms with E-state index in [-0.39, 0.29) is 12.0 Å². The quantitative estimate of drug-likeness (QED) is 0.832. The normalized spacial score (nSPS) is 23.4. The maximum Gasteiger partial charge on any atom is 0.166 e. The number of carbonyl (C=O) groups excluding carboxylic acids is 1. The van der Waals surface area contributed by atoms with Gasteiger partial charge in [0.1, 0.15) is 0 Å². The van der Waals surface area contributed by atoms with Crippen molar-refractivity contribution < 1.29 is 4.79 Å². The second-order valence-corrected chi connectivity index (χ2v) is 5.50. The van der Waals surface area contributed by atoms with E-state index in [4.69, 9.17) is 5.73 Å². The van der Waals surface area contributed by atoms with Crippen molar-refractivity contribution in [2.75, 3.05) is 0 Å². The first-order chi connectivity index (χ1) is 9.25. The van der Waals surface area contributed by atoms with E-state index >= 15 is 0 Å². The van der Waals surface area contributed by atoms with Crippen LogP contribution in [0.4, 0.5) is 0 Å². The molecule has 3 rings (SSSR count). The van der Waals surface area contributed by atoms with Crippen LogP contribution in [0.25, 0.3) is 10.8 Å². The van der Waals surface area contributed by atoms with Gasteiger partial charge < -0.3 is 5.73 Å². The monoisotopic (exact) mass is 253 g/mol. The molecule has 1 fully saturated rings. The highest BCUT2D eigenvalue weighted by Gasteiger charge is 2.26. The van der Waals surface area contributed by atoms with Gasteiger partial charge in [0.05, 0.1) is 0 Å². The molecule has 2 aromatic rings. The minimum Gasteiger partial charge on any atom is -0.328 e. The van der Waals surface area contributed by atoms with Gasteiger partial charge in [-0.05, 0) is 36.5 Å². The van der Waals surface area contributed by atoms with E-state index in [0.29, 0.717) is 5.78 Å². The highest BCUT2D eigenvalue weighted by atomic mass is 16.1. The van der Waals surface area contributed by atoms with Crippen molar-refractivity contribution in [3.05, 3.63) is 48.0 Å². The number of nitrogens with two attached hydrogens (primary N) is 1. The molecule has 0 bridgehead atoms. The molecule has 2 nitrogen and oxygen atoms in total. The molecule has 0 unspecified atom stereocenters. The molecule has 0 heterocycles. The lowest BCUT2D eigenvalue weighted by Crippen LogP contribution is -2.29. The lowest BCUT2D eigenvalue weighted by atomic mass is 9.81. The smallest absolute Gasteiger partial charge is 0.166 e. The van der Waals surface area contributed by atoms with Crippen LogP contribution in [0.3, 0.4) is 0 Å². The molecule has 1 saturated carbocycles. The Balaban J connectivity index is 1.93. The van der Waals surface area contributed by atoms with E-state index in [2.05, 4.69) is 12.1 Å². The standard InChI is InChI=1S/C17H19NO/c18-14-10-8-13(9-11-14)17(19)16-7-3-5-12-4-1-2-6-15(12)16/h1-7,13-14H,8-11,18H2. The van der Waals surface area contributed by atoms with Gasteiger partial charge in [0.15, 0.2) is 5.78 Å². The number of benzene rings is 2. The van der Waals surface area contributed by atoms with Crippen LogP contribution in [0, 0.1) is 5.92 Å². The number of rotatable bonds is 2. The van der Waals surface area contributed by atoms with Crippen LogP contribution in [0.5, 0.6) is 0 Å².